The van der Waals surface area contributed by atoms with Crippen molar-refractivity contribution in [3.05, 3.63) is 91.0 Å². The van der Waals surface area contributed by atoms with Crippen molar-refractivity contribution in [2.75, 3.05) is 6.61 Å². The van der Waals surface area contributed by atoms with Crippen molar-refractivity contribution in [2.24, 2.45) is 0 Å². The monoisotopic (exact) mass is 337 g/mol. The van der Waals surface area contributed by atoms with E-state index in [-0.39, 0.29) is 0 Å². The van der Waals surface area contributed by atoms with Crippen molar-refractivity contribution in [3.8, 4) is 0 Å². The van der Waals surface area contributed by atoms with Gasteiger partial charge in [0, 0.05) is 6.61 Å². The summed E-state index contributed by atoms with van der Waals surface area (Å²) in [6.45, 7) is 1.24. The van der Waals surface area contributed by atoms with E-state index in [1.165, 1.54) is 15.9 Å². The smallest absolute Gasteiger partial charge is 0.357 e. The summed E-state index contributed by atoms with van der Waals surface area (Å²) in [4.78, 5) is 0. The molecular weight excluding hydrogens is 315 g/mol. The molecule has 23 heavy (non-hydrogen) atoms. The van der Waals surface area contributed by atoms with Crippen molar-refractivity contribution < 1.29 is 4.43 Å². The first kappa shape index (κ1) is 16.1. The lowest BCUT2D eigenvalue weighted by molar-refractivity contribution is 0.371. The molecule has 0 saturated heterocycles. The maximum absolute atomic E-state index is 6.15. The number of rotatable bonds is 6. The first-order valence-electron chi connectivity index (χ1n) is 8.00. The highest BCUT2D eigenvalue weighted by molar-refractivity contribution is 8.15. The molecule has 0 bridgehead atoms. The van der Waals surface area contributed by atoms with E-state index in [1.807, 2.05) is 0 Å². The molecule has 0 spiro atoms. The molecule has 116 valence electrons. The minimum atomic E-state index is -1.65. The Kier molecular flexibility index (Phi) is 5.40. The van der Waals surface area contributed by atoms with Gasteiger partial charge < -0.3 is 4.43 Å². The molecule has 0 amide bonds. The Bertz CT molecular complexity index is 620. The van der Waals surface area contributed by atoms with E-state index in [1.54, 1.807) is 0 Å². The average molecular weight is 337 g/mol. The van der Waals surface area contributed by atoms with E-state index in [0.717, 1.165) is 6.61 Å². The minimum Gasteiger partial charge on any atom is -0.389 e. The molecule has 3 heteroatoms. The predicted octanol–water partition coefficient (Wildman–Crippen LogP) is 3.02. The van der Waals surface area contributed by atoms with Crippen LogP contribution in [0.15, 0.2) is 91.0 Å². The van der Waals surface area contributed by atoms with Crippen LogP contribution >= 0.6 is 6.81 Å². The molecule has 0 fully saturated rings. The Balaban J connectivity index is 2.25. The zero-order valence-electron chi connectivity index (χ0n) is 13.4. The Labute approximate surface area is 141 Å². The minimum absolute atomic E-state index is 0.765. The summed E-state index contributed by atoms with van der Waals surface area (Å²) in [5, 5.41) is 4.28. The van der Waals surface area contributed by atoms with Crippen molar-refractivity contribution in [3.63, 3.8) is 0 Å². The fourth-order valence-electron chi connectivity index (χ4n) is 2.95. The van der Waals surface area contributed by atoms with Gasteiger partial charge in [-0.15, -0.1) is 0 Å². The highest BCUT2D eigenvalue weighted by Gasteiger charge is 2.45. The average Bonchev–Trinajstić information content (AvgIpc) is 2.65. The van der Waals surface area contributed by atoms with Crippen LogP contribution in [0.3, 0.4) is 0 Å². The highest BCUT2D eigenvalue weighted by atomic mass is 31.4. The van der Waals surface area contributed by atoms with E-state index in [9.17, 15) is 0 Å². The molecule has 0 heterocycles. The summed E-state index contributed by atoms with van der Waals surface area (Å²) in [5.41, 5.74) is 0. The highest BCUT2D eigenvalue weighted by Crippen LogP contribution is 2.53. The van der Waals surface area contributed by atoms with Gasteiger partial charge in [-0.05, 0) is 43.3 Å². The maximum atomic E-state index is 6.15. The molecule has 0 unspecified atom stereocenters. The summed E-state index contributed by atoms with van der Waals surface area (Å²) in [6.07, 6.45) is 0. The van der Waals surface area contributed by atoms with Crippen LogP contribution in [0.4, 0.5) is 0 Å². The second-order valence-electron chi connectivity index (χ2n) is 5.44. The van der Waals surface area contributed by atoms with Crippen molar-refractivity contribution >= 4 is 32.2 Å². The van der Waals surface area contributed by atoms with Crippen LogP contribution in [0.25, 0.3) is 0 Å². The van der Waals surface area contributed by atoms with Gasteiger partial charge in [0.05, 0.1) is 22.7 Å². The molecule has 0 saturated carbocycles. The van der Waals surface area contributed by atoms with Gasteiger partial charge in [0.2, 0.25) is 0 Å². The van der Waals surface area contributed by atoms with Gasteiger partial charge in [-0.2, -0.15) is 0 Å². The summed E-state index contributed by atoms with van der Waals surface area (Å²) < 4.78 is 6.15. The lowest BCUT2D eigenvalue weighted by atomic mass is 10.4. The van der Waals surface area contributed by atoms with Gasteiger partial charge in [0.1, 0.15) is 0 Å². The van der Waals surface area contributed by atoms with E-state index < -0.39 is 16.2 Å². The van der Waals surface area contributed by atoms with Gasteiger partial charge in [-0.3, -0.25) is 0 Å². The number of hydrogen-bond acceptors (Lipinski definition) is 1. The van der Waals surface area contributed by atoms with Crippen LogP contribution in [-0.2, 0) is 4.43 Å². The Morgan fingerprint density at radius 1 is 0.652 bits per heavy atom. The van der Waals surface area contributed by atoms with E-state index >= 15 is 0 Å². The van der Waals surface area contributed by atoms with E-state index in [0.29, 0.717) is 0 Å². The van der Waals surface area contributed by atoms with Crippen LogP contribution in [0.1, 0.15) is 6.92 Å². The quantitative estimate of drug-likeness (QED) is 0.496. The fraction of sp³-hybridized carbons (Fsp3) is 0.100. The molecule has 0 aliphatic carbocycles. The number of benzene rings is 3. The molecule has 0 aromatic heterocycles. The fourth-order valence-corrected chi connectivity index (χ4v) is 11.4. The third-order valence-electron chi connectivity index (χ3n) is 4.08. The standard InChI is InChI=1S/C20H22OPSi/c1-2-21-23-22(18-12-6-3-7-13-18,19-14-8-4-9-15-19)20-16-10-5-11-17-20/h3-17H,2,23H2,1H3/q+1. The van der Waals surface area contributed by atoms with Crippen LogP contribution < -0.4 is 15.9 Å². The third kappa shape index (κ3) is 3.30. The Morgan fingerprint density at radius 2 is 1.00 bits per heavy atom. The third-order valence-corrected chi connectivity index (χ3v) is 13.6. The molecule has 0 aliphatic heterocycles. The number of hydrogen-bond donors (Lipinski definition) is 0. The van der Waals surface area contributed by atoms with E-state index in [4.69, 9.17) is 4.43 Å². The van der Waals surface area contributed by atoms with Gasteiger partial charge in [-0.25, -0.2) is 0 Å². The van der Waals surface area contributed by atoms with Crippen LogP contribution in [0, 0.1) is 0 Å². The van der Waals surface area contributed by atoms with Crippen molar-refractivity contribution in [1.82, 2.24) is 0 Å². The largest absolute Gasteiger partial charge is 0.389 e. The summed E-state index contributed by atoms with van der Waals surface area (Å²) in [5.74, 6) is 0. The van der Waals surface area contributed by atoms with Crippen molar-refractivity contribution in [1.29, 1.82) is 0 Å². The lowest BCUT2D eigenvalue weighted by Crippen LogP contribution is -2.35. The Hall–Kier alpha value is -1.73. The molecule has 3 aromatic carbocycles. The molecule has 0 aliphatic rings. The Morgan fingerprint density at radius 3 is 1.30 bits per heavy atom. The van der Waals surface area contributed by atoms with Crippen LogP contribution in [0.5, 0.6) is 0 Å². The maximum Gasteiger partial charge on any atom is 0.357 e. The molecular formula is C20H22OPSi+. The second-order valence-corrected chi connectivity index (χ2v) is 12.9. The zero-order chi connectivity index (χ0) is 16.0. The molecule has 1 nitrogen and oxygen atoms in total. The van der Waals surface area contributed by atoms with E-state index in [2.05, 4.69) is 97.9 Å². The first-order chi connectivity index (χ1) is 11.4. The molecule has 0 atom stereocenters. The van der Waals surface area contributed by atoms with Gasteiger partial charge in [0.25, 0.3) is 0 Å². The van der Waals surface area contributed by atoms with Gasteiger partial charge in [0.15, 0.2) is 0 Å². The van der Waals surface area contributed by atoms with Crippen molar-refractivity contribution in [2.45, 2.75) is 6.92 Å². The van der Waals surface area contributed by atoms with Gasteiger partial charge >= 0.3 is 9.43 Å². The van der Waals surface area contributed by atoms with Crippen LogP contribution in [-0.4, -0.2) is 16.0 Å². The molecule has 3 rings (SSSR count). The first-order valence-corrected chi connectivity index (χ1v) is 12.5. The molecule has 0 N–H and O–H groups in total. The summed E-state index contributed by atoms with van der Waals surface area (Å²) in [6, 6.07) is 32.8. The predicted molar refractivity (Wildman–Crippen MR) is 105 cm³/mol. The molecule has 0 radical (unpaired) electrons. The zero-order valence-corrected chi connectivity index (χ0v) is 15.7. The second kappa shape index (κ2) is 7.70. The topological polar surface area (TPSA) is 9.23 Å². The summed E-state index contributed by atoms with van der Waals surface area (Å²) >= 11 is 0. The lowest BCUT2D eigenvalue weighted by Gasteiger charge is -2.27. The van der Waals surface area contributed by atoms with Crippen LogP contribution in [0.2, 0.25) is 0 Å². The summed E-state index contributed by atoms with van der Waals surface area (Å²) in [7, 11) is -0.765. The molecule has 3 aromatic rings. The van der Waals surface area contributed by atoms with Gasteiger partial charge in [-0.1, -0.05) is 54.6 Å². The SMILES string of the molecule is CCO[SiH2][P+](c1ccccc1)(c1ccccc1)c1ccccc1. The normalized spacial score (nSPS) is 11.9.